The zero-order chi connectivity index (χ0) is 21.3. The van der Waals surface area contributed by atoms with Gasteiger partial charge in [0, 0.05) is 44.3 Å². The van der Waals surface area contributed by atoms with Crippen molar-refractivity contribution < 1.29 is 14.6 Å². The summed E-state index contributed by atoms with van der Waals surface area (Å²) in [6, 6.07) is 15.3. The van der Waals surface area contributed by atoms with Gasteiger partial charge in [-0.1, -0.05) is 35.9 Å². The Kier molecular flexibility index (Phi) is 8.51. The van der Waals surface area contributed by atoms with Gasteiger partial charge in [-0.2, -0.15) is 0 Å². The number of methoxy groups -OCH3 is 1. The summed E-state index contributed by atoms with van der Waals surface area (Å²) in [5.74, 6) is 0.847. The molecule has 3 rings (SSSR count). The molecule has 0 radical (unpaired) electrons. The van der Waals surface area contributed by atoms with Crippen molar-refractivity contribution in [1.82, 2.24) is 15.1 Å². The molecule has 1 aliphatic heterocycles. The van der Waals surface area contributed by atoms with E-state index in [4.69, 9.17) is 16.3 Å². The zero-order valence-corrected chi connectivity index (χ0v) is 18.1. The van der Waals surface area contributed by atoms with Gasteiger partial charge in [0.1, 0.15) is 5.75 Å². The van der Waals surface area contributed by atoms with Crippen LogP contribution in [0.5, 0.6) is 5.75 Å². The third-order valence-electron chi connectivity index (χ3n) is 5.33. The van der Waals surface area contributed by atoms with E-state index in [1.54, 1.807) is 7.11 Å². The maximum Gasteiger partial charge on any atom is 0.234 e. The average Bonchev–Trinajstić information content (AvgIpc) is 2.75. The molecule has 1 saturated heterocycles. The number of amides is 1. The lowest BCUT2D eigenvalue weighted by atomic mass is 10.1. The van der Waals surface area contributed by atoms with Gasteiger partial charge in [-0.3, -0.25) is 14.6 Å². The monoisotopic (exact) mass is 431 g/mol. The summed E-state index contributed by atoms with van der Waals surface area (Å²) in [4.78, 5) is 16.6. The van der Waals surface area contributed by atoms with Crippen molar-refractivity contribution in [3.63, 3.8) is 0 Å². The van der Waals surface area contributed by atoms with E-state index in [2.05, 4.69) is 15.1 Å². The molecule has 1 fully saturated rings. The van der Waals surface area contributed by atoms with Crippen LogP contribution in [-0.4, -0.2) is 73.3 Å². The van der Waals surface area contributed by atoms with Crippen molar-refractivity contribution in [2.75, 3.05) is 46.4 Å². The number of carbonyl (C=O) groups is 1. The molecule has 30 heavy (non-hydrogen) atoms. The molecule has 1 atom stereocenters. The summed E-state index contributed by atoms with van der Waals surface area (Å²) < 4.78 is 5.17. The molecular formula is C23H30ClN3O3. The summed E-state index contributed by atoms with van der Waals surface area (Å²) in [6.45, 7) is 4.90. The van der Waals surface area contributed by atoms with Crippen LogP contribution in [0.3, 0.4) is 0 Å². The molecule has 1 unspecified atom stereocenters. The molecular weight excluding hydrogens is 402 g/mol. The summed E-state index contributed by atoms with van der Waals surface area (Å²) in [5.41, 5.74) is 2.13. The van der Waals surface area contributed by atoms with Gasteiger partial charge in [-0.25, -0.2) is 0 Å². The lowest BCUT2D eigenvalue weighted by Gasteiger charge is -2.35. The molecule has 0 saturated carbocycles. The summed E-state index contributed by atoms with van der Waals surface area (Å²) >= 11 is 5.88. The highest BCUT2D eigenvalue weighted by Crippen LogP contribution is 2.14. The Morgan fingerprint density at radius 1 is 1.03 bits per heavy atom. The number of nitrogens with zero attached hydrogens (tertiary/aromatic N) is 2. The Morgan fingerprint density at radius 2 is 1.63 bits per heavy atom. The lowest BCUT2D eigenvalue weighted by molar-refractivity contribution is -0.122. The minimum absolute atomic E-state index is 0.0259. The number of hydrogen-bond acceptors (Lipinski definition) is 5. The van der Waals surface area contributed by atoms with Crippen LogP contribution in [0.1, 0.15) is 11.1 Å². The third-order valence-corrected chi connectivity index (χ3v) is 5.59. The van der Waals surface area contributed by atoms with Gasteiger partial charge in [0.25, 0.3) is 0 Å². The fourth-order valence-electron chi connectivity index (χ4n) is 3.59. The molecule has 1 amide bonds. The molecule has 7 heteroatoms. The highest BCUT2D eigenvalue weighted by molar-refractivity contribution is 6.30. The van der Waals surface area contributed by atoms with E-state index in [0.717, 1.165) is 43.1 Å². The van der Waals surface area contributed by atoms with E-state index in [1.165, 1.54) is 0 Å². The highest BCUT2D eigenvalue weighted by atomic mass is 35.5. The van der Waals surface area contributed by atoms with Gasteiger partial charge < -0.3 is 15.2 Å². The van der Waals surface area contributed by atoms with E-state index < -0.39 is 6.10 Å². The topological polar surface area (TPSA) is 65.0 Å². The average molecular weight is 432 g/mol. The second kappa shape index (κ2) is 11.3. The zero-order valence-electron chi connectivity index (χ0n) is 17.4. The number of piperazine rings is 1. The molecule has 0 bridgehead atoms. The Labute approximate surface area is 183 Å². The molecule has 0 aromatic heterocycles. The number of nitrogens with one attached hydrogen (secondary N) is 1. The van der Waals surface area contributed by atoms with Gasteiger partial charge in [0.2, 0.25) is 5.91 Å². The van der Waals surface area contributed by atoms with Crippen molar-refractivity contribution in [1.29, 1.82) is 0 Å². The summed E-state index contributed by atoms with van der Waals surface area (Å²) in [5, 5.41) is 14.1. The highest BCUT2D eigenvalue weighted by Gasteiger charge is 2.21. The second-order valence-electron chi connectivity index (χ2n) is 7.69. The Morgan fingerprint density at radius 3 is 2.27 bits per heavy atom. The second-order valence-corrected chi connectivity index (χ2v) is 8.12. The van der Waals surface area contributed by atoms with Crippen LogP contribution in [0.2, 0.25) is 5.02 Å². The first-order valence-corrected chi connectivity index (χ1v) is 10.7. The number of carbonyl (C=O) groups excluding carboxylic acids is 1. The third kappa shape index (κ3) is 7.29. The first-order chi connectivity index (χ1) is 14.5. The number of β-amino-alcohol motifs (C(OH)–C–C–N with tert-alkyl or cyclic N) is 1. The maximum absolute atomic E-state index is 12.2. The van der Waals surface area contributed by atoms with Gasteiger partial charge in [0.15, 0.2) is 0 Å². The number of halogens is 1. The van der Waals surface area contributed by atoms with E-state index in [0.29, 0.717) is 31.1 Å². The molecule has 6 nitrogen and oxygen atoms in total. The van der Waals surface area contributed by atoms with Crippen LogP contribution < -0.4 is 10.1 Å². The van der Waals surface area contributed by atoms with Crippen molar-refractivity contribution in [3.05, 3.63) is 64.7 Å². The van der Waals surface area contributed by atoms with Gasteiger partial charge in [-0.05, 0) is 41.8 Å². The van der Waals surface area contributed by atoms with Crippen LogP contribution in [0, 0.1) is 0 Å². The first-order valence-electron chi connectivity index (χ1n) is 10.3. The fraction of sp³-hybridized carbons (Fsp3) is 0.435. The molecule has 1 heterocycles. The number of aliphatic hydroxyl groups is 1. The van der Waals surface area contributed by atoms with E-state index in [-0.39, 0.29) is 5.91 Å². The number of rotatable bonds is 9. The molecule has 0 spiro atoms. The molecule has 1 aliphatic rings. The molecule has 162 valence electrons. The number of benzene rings is 2. The fourth-order valence-corrected chi connectivity index (χ4v) is 3.71. The predicted molar refractivity (Wildman–Crippen MR) is 119 cm³/mol. The maximum atomic E-state index is 12.2. The van der Waals surface area contributed by atoms with Crippen molar-refractivity contribution in [3.8, 4) is 5.75 Å². The van der Waals surface area contributed by atoms with Crippen molar-refractivity contribution >= 4 is 17.5 Å². The van der Waals surface area contributed by atoms with Crippen LogP contribution >= 0.6 is 11.6 Å². The predicted octanol–water partition coefficient (Wildman–Crippen LogP) is 2.19. The van der Waals surface area contributed by atoms with E-state index >= 15 is 0 Å². The first kappa shape index (κ1) is 22.6. The quantitative estimate of drug-likeness (QED) is 0.637. The van der Waals surface area contributed by atoms with Crippen LogP contribution in [0.15, 0.2) is 48.5 Å². The molecule has 0 aliphatic carbocycles. The standard InChI is InChI=1S/C23H30ClN3O3/c1-30-22-8-4-18(5-9-22)14-21(28)16-26-10-12-27(13-11-26)17-23(29)25-15-19-2-6-20(24)7-3-19/h2-9,21,28H,10-17H2,1H3,(H,25,29). The van der Waals surface area contributed by atoms with Crippen LogP contribution in [-0.2, 0) is 17.8 Å². The summed E-state index contributed by atoms with van der Waals surface area (Å²) in [6.07, 6.45) is 0.213. The van der Waals surface area contributed by atoms with Gasteiger partial charge >= 0.3 is 0 Å². The Bertz CT molecular complexity index is 790. The van der Waals surface area contributed by atoms with Gasteiger partial charge in [-0.15, -0.1) is 0 Å². The lowest BCUT2D eigenvalue weighted by Crippen LogP contribution is -2.51. The largest absolute Gasteiger partial charge is 0.497 e. The minimum Gasteiger partial charge on any atom is -0.497 e. The Balaban J connectivity index is 1.33. The number of ether oxygens (including phenoxy) is 1. The van der Waals surface area contributed by atoms with Crippen molar-refractivity contribution in [2.45, 2.75) is 19.1 Å². The van der Waals surface area contributed by atoms with Crippen molar-refractivity contribution in [2.24, 2.45) is 0 Å². The molecule has 2 N–H and O–H groups in total. The van der Waals surface area contributed by atoms with E-state index in [1.807, 2.05) is 48.5 Å². The Hall–Kier alpha value is -2.12. The van der Waals surface area contributed by atoms with Crippen LogP contribution in [0.25, 0.3) is 0 Å². The van der Waals surface area contributed by atoms with Crippen LogP contribution in [0.4, 0.5) is 0 Å². The number of hydrogen-bond donors (Lipinski definition) is 2. The van der Waals surface area contributed by atoms with Gasteiger partial charge in [0.05, 0.1) is 19.8 Å². The molecule has 2 aromatic carbocycles. The normalized spacial score (nSPS) is 16.2. The molecule has 2 aromatic rings. The summed E-state index contributed by atoms with van der Waals surface area (Å²) in [7, 11) is 1.65. The van der Waals surface area contributed by atoms with E-state index in [9.17, 15) is 9.90 Å². The smallest absolute Gasteiger partial charge is 0.234 e. The number of aliphatic hydroxyl groups excluding tert-OH is 1. The minimum atomic E-state index is -0.410. The SMILES string of the molecule is COc1ccc(CC(O)CN2CCN(CC(=O)NCc3ccc(Cl)cc3)CC2)cc1.